The van der Waals surface area contributed by atoms with Crippen LogP contribution in [0.4, 0.5) is 9.59 Å². The molecular weight excluding hydrogens is 498 g/mol. The highest BCUT2D eigenvalue weighted by Crippen LogP contribution is 2.15. The number of carbonyl (C=O) groups is 2. The second-order valence-electron chi connectivity index (χ2n) is 10.0. The van der Waals surface area contributed by atoms with Crippen molar-refractivity contribution < 1.29 is 19.1 Å². The number of amides is 2. The van der Waals surface area contributed by atoms with Gasteiger partial charge in [0.25, 0.3) is 0 Å². The number of aromatic nitrogens is 1. The molecule has 0 fully saturated rings. The third kappa shape index (κ3) is 11.3. The minimum Gasteiger partial charge on any atom is -0.447 e. The number of rotatable bonds is 14. The zero-order valence-corrected chi connectivity index (χ0v) is 23.3. The Kier molecular flexibility index (Phi) is 12.1. The van der Waals surface area contributed by atoms with E-state index in [4.69, 9.17) is 9.47 Å². The van der Waals surface area contributed by atoms with E-state index < -0.39 is 12.2 Å². The number of hydrogen-bond donors (Lipinski definition) is 2. The van der Waals surface area contributed by atoms with Crippen LogP contribution in [0, 0.1) is 5.92 Å². The Labute approximate surface area is 230 Å². The molecule has 204 valence electrons. The van der Waals surface area contributed by atoms with Crippen LogP contribution in [-0.2, 0) is 28.9 Å². The molecule has 1 aromatic heterocycles. The molecule has 8 heteroatoms. The molecular formula is C30H39N3O4S. The average Bonchev–Trinajstić information content (AvgIpc) is 3.40. The van der Waals surface area contributed by atoms with Crippen LogP contribution in [0.1, 0.15) is 56.0 Å². The highest BCUT2D eigenvalue weighted by molar-refractivity contribution is 7.09. The van der Waals surface area contributed by atoms with E-state index in [0.717, 1.165) is 22.4 Å². The fourth-order valence-corrected chi connectivity index (χ4v) is 4.91. The molecule has 0 spiro atoms. The molecule has 0 radical (unpaired) electrons. The summed E-state index contributed by atoms with van der Waals surface area (Å²) in [6.07, 6.45) is 4.12. The molecule has 38 heavy (non-hydrogen) atoms. The number of carbonyl (C=O) groups excluding carboxylic acids is 2. The molecule has 2 aromatic carbocycles. The van der Waals surface area contributed by atoms with Crippen LogP contribution in [0.2, 0.25) is 0 Å². The first kappa shape index (κ1) is 29.2. The summed E-state index contributed by atoms with van der Waals surface area (Å²) in [4.78, 5) is 30.2. The van der Waals surface area contributed by atoms with Crippen LogP contribution in [0.3, 0.4) is 0 Å². The first-order chi connectivity index (χ1) is 18.4. The lowest BCUT2D eigenvalue weighted by molar-refractivity contribution is 0.0916. The molecule has 1 heterocycles. The predicted octanol–water partition coefficient (Wildman–Crippen LogP) is 6.53. The number of benzene rings is 2. The quantitative estimate of drug-likeness (QED) is 0.244. The summed E-state index contributed by atoms with van der Waals surface area (Å²) >= 11 is 1.45. The molecule has 3 atom stereocenters. The molecule has 3 aromatic rings. The summed E-state index contributed by atoms with van der Waals surface area (Å²) in [5.74, 6) is 0.443. The topological polar surface area (TPSA) is 89.6 Å². The number of nitrogens with zero attached hydrogens (tertiary/aromatic N) is 1. The zero-order chi connectivity index (χ0) is 27.2. The van der Waals surface area contributed by atoms with Gasteiger partial charge in [-0.05, 0) is 56.1 Å². The van der Waals surface area contributed by atoms with Crippen LogP contribution >= 0.6 is 11.3 Å². The molecule has 0 bridgehead atoms. The lowest BCUT2D eigenvalue weighted by Gasteiger charge is -2.24. The molecule has 0 saturated carbocycles. The van der Waals surface area contributed by atoms with Gasteiger partial charge in [0.2, 0.25) is 0 Å². The lowest BCUT2D eigenvalue weighted by atomic mass is 9.96. The number of nitrogens with one attached hydrogen (secondary N) is 2. The largest absolute Gasteiger partial charge is 0.447 e. The summed E-state index contributed by atoms with van der Waals surface area (Å²) < 4.78 is 11.0. The summed E-state index contributed by atoms with van der Waals surface area (Å²) in [6, 6.07) is 19.8. The van der Waals surface area contributed by atoms with E-state index in [1.165, 1.54) is 11.3 Å². The van der Waals surface area contributed by atoms with Crippen LogP contribution in [0.15, 0.2) is 72.4 Å². The minimum atomic E-state index is -0.464. The maximum absolute atomic E-state index is 12.7. The fourth-order valence-electron chi connectivity index (χ4n) is 4.40. The van der Waals surface area contributed by atoms with E-state index >= 15 is 0 Å². The monoisotopic (exact) mass is 537 g/mol. The van der Waals surface area contributed by atoms with Crippen LogP contribution < -0.4 is 10.6 Å². The maximum Gasteiger partial charge on any atom is 0.407 e. The standard InChI is InChI=1S/C30H39N3O4S/c1-22(2)16-23(3)37-30(35)33-27(18-25-12-8-5-9-13-25)15-14-26(17-24-10-6-4-7-11-24)32-29(34)36-20-28-19-31-21-38-28/h4-13,19,21-23,26-27H,14-18,20H2,1-3H3,(H,32,34)(H,33,35). The molecule has 3 unspecified atom stereocenters. The highest BCUT2D eigenvalue weighted by atomic mass is 32.1. The van der Waals surface area contributed by atoms with E-state index in [-0.39, 0.29) is 24.8 Å². The number of alkyl carbamates (subject to hydrolysis) is 2. The van der Waals surface area contributed by atoms with Crippen molar-refractivity contribution in [3.05, 3.63) is 88.4 Å². The normalized spacial score (nSPS) is 13.4. The van der Waals surface area contributed by atoms with Gasteiger partial charge < -0.3 is 20.1 Å². The van der Waals surface area contributed by atoms with E-state index in [1.807, 2.05) is 55.5 Å². The third-order valence-corrected chi connectivity index (χ3v) is 6.85. The van der Waals surface area contributed by atoms with Crippen molar-refractivity contribution in [3.8, 4) is 0 Å². The lowest BCUT2D eigenvalue weighted by Crippen LogP contribution is -2.41. The van der Waals surface area contributed by atoms with Crippen molar-refractivity contribution in [2.24, 2.45) is 5.92 Å². The molecule has 0 aliphatic rings. The Hall–Kier alpha value is -3.39. The zero-order valence-electron chi connectivity index (χ0n) is 22.5. The second kappa shape index (κ2) is 15.8. The van der Waals surface area contributed by atoms with Gasteiger partial charge in [0.05, 0.1) is 10.4 Å². The van der Waals surface area contributed by atoms with Gasteiger partial charge in [0, 0.05) is 18.3 Å². The van der Waals surface area contributed by atoms with Gasteiger partial charge in [0.1, 0.15) is 12.7 Å². The SMILES string of the molecule is CC(C)CC(C)OC(=O)NC(CCC(Cc1ccccc1)NC(=O)OCc1cncs1)Cc1ccccc1. The number of hydrogen-bond acceptors (Lipinski definition) is 6. The van der Waals surface area contributed by atoms with E-state index in [9.17, 15) is 9.59 Å². The van der Waals surface area contributed by atoms with Gasteiger partial charge in [0.15, 0.2) is 0 Å². The average molecular weight is 538 g/mol. The van der Waals surface area contributed by atoms with Crippen molar-refractivity contribution >= 4 is 23.5 Å². The molecule has 7 nitrogen and oxygen atoms in total. The molecule has 0 aliphatic heterocycles. The summed E-state index contributed by atoms with van der Waals surface area (Å²) in [7, 11) is 0. The van der Waals surface area contributed by atoms with Crippen molar-refractivity contribution in [1.82, 2.24) is 15.6 Å². The highest BCUT2D eigenvalue weighted by Gasteiger charge is 2.21. The van der Waals surface area contributed by atoms with Gasteiger partial charge in [-0.1, -0.05) is 74.5 Å². The Morgan fingerprint density at radius 3 is 1.89 bits per heavy atom. The minimum absolute atomic E-state index is 0.149. The second-order valence-corrected chi connectivity index (χ2v) is 11.0. The van der Waals surface area contributed by atoms with Gasteiger partial charge in [-0.3, -0.25) is 4.98 Å². The van der Waals surface area contributed by atoms with E-state index in [2.05, 4.69) is 41.6 Å². The van der Waals surface area contributed by atoms with Crippen LogP contribution in [0.25, 0.3) is 0 Å². The molecule has 2 amide bonds. The predicted molar refractivity (Wildman–Crippen MR) is 151 cm³/mol. The fraction of sp³-hybridized carbons (Fsp3) is 0.433. The molecule has 3 rings (SSSR count). The van der Waals surface area contributed by atoms with E-state index in [0.29, 0.717) is 31.6 Å². The Morgan fingerprint density at radius 2 is 1.39 bits per heavy atom. The summed E-state index contributed by atoms with van der Waals surface area (Å²) in [6.45, 7) is 6.33. The number of ether oxygens (including phenoxy) is 2. The first-order valence-corrected chi connectivity index (χ1v) is 14.1. The van der Waals surface area contributed by atoms with Crippen LogP contribution in [-0.4, -0.2) is 35.4 Å². The summed E-state index contributed by atoms with van der Waals surface area (Å²) in [5, 5.41) is 6.11. The third-order valence-electron chi connectivity index (χ3n) is 6.10. The van der Waals surface area contributed by atoms with Crippen LogP contribution in [0.5, 0.6) is 0 Å². The molecule has 0 aliphatic carbocycles. The van der Waals surface area contributed by atoms with Crippen molar-refractivity contribution in [1.29, 1.82) is 0 Å². The Bertz CT molecular complexity index is 1080. The Balaban J connectivity index is 1.64. The number of thiazole rings is 1. The summed E-state index contributed by atoms with van der Waals surface area (Å²) in [5.41, 5.74) is 3.96. The Morgan fingerprint density at radius 1 is 0.842 bits per heavy atom. The molecule has 2 N–H and O–H groups in total. The van der Waals surface area contributed by atoms with Crippen molar-refractivity contribution in [3.63, 3.8) is 0 Å². The maximum atomic E-state index is 12.7. The van der Waals surface area contributed by atoms with Gasteiger partial charge in [-0.2, -0.15) is 0 Å². The van der Waals surface area contributed by atoms with Gasteiger partial charge in [-0.15, -0.1) is 11.3 Å². The van der Waals surface area contributed by atoms with Crippen molar-refractivity contribution in [2.75, 3.05) is 0 Å². The van der Waals surface area contributed by atoms with Gasteiger partial charge >= 0.3 is 12.2 Å². The molecule has 0 saturated heterocycles. The smallest absolute Gasteiger partial charge is 0.407 e. The van der Waals surface area contributed by atoms with Gasteiger partial charge in [-0.25, -0.2) is 9.59 Å². The first-order valence-electron chi connectivity index (χ1n) is 13.2. The van der Waals surface area contributed by atoms with Crippen molar-refractivity contribution in [2.45, 2.75) is 77.7 Å². The van der Waals surface area contributed by atoms with E-state index in [1.54, 1.807) is 11.7 Å².